The lowest BCUT2D eigenvalue weighted by Gasteiger charge is -2.26. The molecule has 128 valence electrons. The maximum atomic E-state index is 12.6. The molecule has 24 heavy (non-hydrogen) atoms. The zero-order chi connectivity index (χ0) is 16.7. The number of nitrogens with one attached hydrogen (secondary N) is 1. The van der Waals surface area contributed by atoms with Gasteiger partial charge in [0.2, 0.25) is 5.91 Å². The first-order valence-electron chi connectivity index (χ1n) is 9.00. The van der Waals surface area contributed by atoms with E-state index in [0.717, 1.165) is 30.6 Å². The van der Waals surface area contributed by atoms with Crippen LogP contribution in [0.25, 0.3) is 0 Å². The summed E-state index contributed by atoms with van der Waals surface area (Å²) in [7, 11) is -1.56. The van der Waals surface area contributed by atoms with Crippen molar-refractivity contribution in [3.05, 3.63) is 29.8 Å². The molecule has 1 amide bonds. The van der Waals surface area contributed by atoms with E-state index in [-0.39, 0.29) is 17.7 Å². The van der Waals surface area contributed by atoms with E-state index >= 15 is 0 Å². The van der Waals surface area contributed by atoms with Gasteiger partial charge in [-0.3, -0.25) is 4.79 Å². The van der Waals surface area contributed by atoms with Crippen LogP contribution in [0, 0.1) is 17.8 Å². The fourth-order valence-corrected chi connectivity index (χ4v) is 4.84. The Morgan fingerprint density at radius 1 is 1.29 bits per heavy atom. The first-order chi connectivity index (χ1) is 11.6. The van der Waals surface area contributed by atoms with Gasteiger partial charge < -0.3 is 20.1 Å². The molecule has 0 spiro atoms. The minimum Gasteiger partial charge on any atom is -0.493 e. The maximum Gasteiger partial charge on any atom is 0.475 e. The number of para-hydroxylation sites is 1. The van der Waals surface area contributed by atoms with E-state index in [2.05, 4.69) is 5.32 Å². The SMILES string of the molecule is O=C(N[C@@H](C[C@@H]1COc2ccccc21)B(O)O)[C@H]1C[C@@H]2CC[C@H]1C2. The lowest BCUT2D eigenvalue weighted by molar-refractivity contribution is -0.127. The van der Waals surface area contributed by atoms with Crippen LogP contribution >= 0.6 is 0 Å². The summed E-state index contributed by atoms with van der Waals surface area (Å²) in [5.74, 6) is 1.50. The fourth-order valence-electron chi connectivity index (χ4n) is 4.84. The third-order valence-electron chi connectivity index (χ3n) is 6.10. The normalized spacial score (nSPS) is 31.4. The highest BCUT2D eigenvalue weighted by atomic mass is 16.5. The Hall–Kier alpha value is -1.53. The predicted octanol–water partition coefficient (Wildman–Crippen LogP) is 1.49. The Balaban J connectivity index is 1.41. The van der Waals surface area contributed by atoms with E-state index < -0.39 is 13.1 Å². The average molecular weight is 329 g/mol. The van der Waals surface area contributed by atoms with E-state index in [1.807, 2.05) is 24.3 Å². The summed E-state index contributed by atoms with van der Waals surface area (Å²) in [6, 6.07) is 7.81. The standard InChI is InChI=1S/C18H24BNO4/c21-18(15-8-11-5-6-12(15)7-11)20-17(19(22)23)9-13-10-24-16-4-2-1-3-14(13)16/h1-4,11-13,15,17,22-23H,5-10H2,(H,20,21)/t11-,12+,13-,15+,17+/m1/s1. The smallest absolute Gasteiger partial charge is 0.475 e. The van der Waals surface area contributed by atoms with Crippen LogP contribution in [0.5, 0.6) is 5.75 Å². The van der Waals surface area contributed by atoms with E-state index in [1.165, 1.54) is 6.42 Å². The van der Waals surface area contributed by atoms with Gasteiger partial charge in [-0.15, -0.1) is 0 Å². The Morgan fingerprint density at radius 3 is 2.83 bits per heavy atom. The average Bonchev–Trinajstić information content (AvgIpc) is 3.29. The summed E-state index contributed by atoms with van der Waals surface area (Å²) in [5.41, 5.74) is 1.08. The van der Waals surface area contributed by atoms with Gasteiger partial charge in [0.15, 0.2) is 0 Å². The highest BCUT2D eigenvalue weighted by molar-refractivity contribution is 6.43. The molecule has 2 saturated carbocycles. The van der Waals surface area contributed by atoms with Crippen molar-refractivity contribution < 1.29 is 19.6 Å². The number of benzene rings is 1. The van der Waals surface area contributed by atoms with Gasteiger partial charge in [0.1, 0.15) is 5.75 Å². The predicted molar refractivity (Wildman–Crippen MR) is 90.4 cm³/mol. The third kappa shape index (κ3) is 2.93. The molecule has 0 aromatic heterocycles. The van der Waals surface area contributed by atoms with Crippen LogP contribution in [0.1, 0.15) is 43.6 Å². The molecule has 3 N–H and O–H groups in total. The molecule has 2 aliphatic carbocycles. The van der Waals surface area contributed by atoms with Gasteiger partial charge in [-0.05, 0) is 43.6 Å². The molecule has 2 fully saturated rings. The minimum atomic E-state index is -1.56. The number of ether oxygens (including phenoxy) is 1. The van der Waals surface area contributed by atoms with Crippen LogP contribution in [0.4, 0.5) is 0 Å². The number of hydrogen-bond donors (Lipinski definition) is 3. The summed E-state index contributed by atoms with van der Waals surface area (Å²) >= 11 is 0. The zero-order valence-corrected chi connectivity index (χ0v) is 13.7. The first-order valence-corrected chi connectivity index (χ1v) is 9.00. The van der Waals surface area contributed by atoms with Crippen LogP contribution < -0.4 is 10.1 Å². The van der Waals surface area contributed by atoms with Crippen molar-refractivity contribution in [3.63, 3.8) is 0 Å². The van der Waals surface area contributed by atoms with Crippen LogP contribution in [0.15, 0.2) is 24.3 Å². The second kappa shape index (κ2) is 6.41. The van der Waals surface area contributed by atoms with Crippen molar-refractivity contribution in [2.75, 3.05) is 6.61 Å². The molecule has 0 unspecified atom stereocenters. The number of hydrogen-bond acceptors (Lipinski definition) is 4. The fraction of sp³-hybridized carbons (Fsp3) is 0.611. The molecule has 1 heterocycles. The molecule has 5 nitrogen and oxygen atoms in total. The van der Waals surface area contributed by atoms with Crippen molar-refractivity contribution in [1.29, 1.82) is 0 Å². The number of amides is 1. The molecule has 5 atom stereocenters. The van der Waals surface area contributed by atoms with Gasteiger partial charge in [0, 0.05) is 17.4 Å². The monoisotopic (exact) mass is 329 g/mol. The van der Waals surface area contributed by atoms with Crippen LogP contribution in [-0.2, 0) is 4.79 Å². The number of fused-ring (bicyclic) bond motifs is 3. The molecular weight excluding hydrogens is 305 g/mol. The number of rotatable bonds is 5. The minimum absolute atomic E-state index is 0.00694. The van der Waals surface area contributed by atoms with Crippen molar-refractivity contribution in [2.45, 2.75) is 44.0 Å². The van der Waals surface area contributed by atoms with Gasteiger partial charge in [-0.1, -0.05) is 24.6 Å². The Kier molecular flexibility index (Phi) is 4.27. The molecule has 3 aliphatic rings. The van der Waals surface area contributed by atoms with Crippen LogP contribution in [0.3, 0.4) is 0 Å². The Labute approximate surface area is 142 Å². The first kappa shape index (κ1) is 16.0. The number of carbonyl (C=O) groups is 1. The Morgan fingerprint density at radius 2 is 2.12 bits per heavy atom. The molecule has 1 aliphatic heterocycles. The second-order valence-electron chi connectivity index (χ2n) is 7.59. The van der Waals surface area contributed by atoms with Gasteiger partial charge >= 0.3 is 7.12 Å². The van der Waals surface area contributed by atoms with Crippen molar-refractivity contribution in [2.24, 2.45) is 17.8 Å². The molecule has 1 aromatic carbocycles. The van der Waals surface area contributed by atoms with Crippen molar-refractivity contribution >= 4 is 13.0 Å². The van der Waals surface area contributed by atoms with Gasteiger partial charge in [0.25, 0.3) is 0 Å². The molecule has 4 rings (SSSR count). The van der Waals surface area contributed by atoms with Gasteiger partial charge in [-0.25, -0.2) is 0 Å². The molecular formula is C18H24BNO4. The molecule has 0 radical (unpaired) electrons. The molecule has 2 bridgehead atoms. The highest BCUT2D eigenvalue weighted by Gasteiger charge is 2.44. The summed E-state index contributed by atoms with van der Waals surface area (Å²) < 4.78 is 5.66. The highest BCUT2D eigenvalue weighted by Crippen LogP contribution is 2.48. The van der Waals surface area contributed by atoms with E-state index in [0.29, 0.717) is 24.9 Å². The summed E-state index contributed by atoms with van der Waals surface area (Å²) in [4.78, 5) is 12.6. The lowest BCUT2D eigenvalue weighted by Crippen LogP contribution is -2.49. The number of carbonyl (C=O) groups excluding carboxylic acids is 1. The van der Waals surface area contributed by atoms with Crippen molar-refractivity contribution in [3.8, 4) is 5.75 Å². The summed E-state index contributed by atoms with van der Waals surface area (Å²) in [5, 5.41) is 22.4. The summed E-state index contributed by atoms with van der Waals surface area (Å²) in [6.07, 6.45) is 4.98. The van der Waals surface area contributed by atoms with Gasteiger partial charge in [-0.2, -0.15) is 0 Å². The third-order valence-corrected chi connectivity index (χ3v) is 6.10. The topological polar surface area (TPSA) is 78.8 Å². The van der Waals surface area contributed by atoms with Crippen LogP contribution in [-0.4, -0.2) is 35.6 Å². The maximum absolute atomic E-state index is 12.6. The molecule has 1 aromatic rings. The van der Waals surface area contributed by atoms with E-state index in [4.69, 9.17) is 4.74 Å². The quantitative estimate of drug-likeness (QED) is 0.715. The summed E-state index contributed by atoms with van der Waals surface area (Å²) in [6.45, 7) is 0.520. The second-order valence-corrected chi connectivity index (χ2v) is 7.59. The Bertz CT molecular complexity index is 623. The van der Waals surface area contributed by atoms with E-state index in [9.17, 15) is 14.8 Å². The molecule has 0 saturated heterocycles. The largest absolute Gasteiger partial charge is 0.493 e. The van der Waals surface area contributed by atoms with Crippen molar-refractivity contribution in [1.82, 2.24) is 5.32 Å². The zero-order valence-electron chi connectivity index (χ0n) is 13.7. The van der Waals surface area contributed by atoms with Gasteiger partial charge in [0.05, 0.1) is 12.5 Å². The van der Waals surface area contributed by atoms with E-state index in [1.54, 1.807) is 0 Å². The van der Waals surface area contributed by atoms with Crippen LogP contribution in [0.2, 0.25) is 0 Å². The molecule has 6 heteroatoms. The lowest BCUT2D eigenvalue weighted by atomic mass is 9.73.